The van der Waals surface area contributed by atoms with Gasteiger partial charge in [0.25, 0.3) is 11.2 Å². The third-order valence-corrected chi connectivity index (χ3v) is 11.4. The van der Waals surface area contributed by atoms with Crippen molar-refractivity contribution in [3.05, 3.63) is 92.8 Å². The number of nitrogens with one attached hydrogen (secondary N) is 2. The van der Waals surface area contributed by atoms with E-state index in [-0.39, 0.29) is 30.0 Å². The Morgan fingerprint density at radius 3 is 2.62 bits per heavy atom. The van der Waals surface area contributed by atoms with Gasteiger partial charge in [-0.2, -0.15) is 5.26 Å². The number of hydrogen-bond donors (Lipinski definition) is 2. The number of aromatic nitrogens is 2. The maximum Gasteiger partial charge on any atom is 0.289 e. The number of nitriles is 1. The van der Waals surface area contributed by atoms with Gasteiger partial charge in [0.05, 0.1) is 32.7 Å². The van der Waals surface area contributed by atoms with Crippen molar-refractivity contribution in [1.29, 1.82) is 5.26 Å². The Labute approximate surface area is 274 Å². The molecule has 1 saturated carbocycles. The summed E-state index contributed by atoms with van der Waals surface area (Å²) >= 11 is 1.44. The molecular weight excluding hydrogens is 643 g/mol. The van der Waals surface area contributed by atoms with Crippen molar-refractivity contribution in [2.75, 3.05) is 23.0 Å². The largest absolute Gasteiger partial charge is 0.357 e. The number of nitrogens with zero attached hydrogens (tertiary/aromatic N) is 5. The van der Waals surface area contributed by atoms with Crippen LogP contribution in [0.5, 0.6) is 0 Å². The number of fused-ring (bicyclic) bond motifs is 2. The van der Waals surface area contributed by atoms with Crippen LogP contribution < -0.4 is 20.5 Å². The van der Waals surface area contributed by atoms with Gasteiger partial charge in [0.15, 0.2) is 4.90 Å². The number of carbonyl (C=O) groups excluding carboxylic acids is 1. The Balaban J connectivity index is 1.29. The molecular formula is C32H31N7O6S2. The Bertz CT molecular complexity index is 2090. The molecule has 1 atom stereocenters. The number of nitro benzene ring substituents is 1. The molecule has 242 valence electrons. The summed E-state index contributed by atoms with van der Waals surface area (Å²) in [5.74, 6) is 1.28. The predicted molar refractivity (Wildman–Crippen MR) is 178 cm³/mol. The van der Waals surface area contributed by atoms with Gasteiger partial charge in [-0.1, -0.05) is 18.2 Å². The highest BCUT2D eigenvalue weighted by Crippen LogP contribution is 2.36. The van der Waals surface area contributed by atoms with Crippen LogP contribution in [0.3, 0.4) is 0 Å². The van der Waals surface area contributed by atoms with E-state index in [0.717, 1.165) is 11.0 Å². The van der Waals surface area contributed by atoms with Crippen LogP contribution in [0.1, 0.15) is 31.2 Å². The zero-order chi connectivity index (χ0) is 33.3. The van der Waals surface area contributed by atoms with Crippen LogP contribution in [0.25, 0.3) is 10.9 Å². The Hall–Kier alpha value is -4.78. The lowest BCUT2D eigenvalue weighted by molar-refractivity contribution is -0.387. The van der Waals surface area contributed by atoms with Gasteiger partial charge in [0.1, 0.15) is 11.6 Å². The predicted octanol–water partition coefficient (Wildman–Crippen LogP) is 4.26. The number of sulfonamides is 1. The fourth-order valence-electron chi connectivity index (χ4n) is 6.35. The Morgan fingerprint density at radius 2 is 1.87 bits per heavy atom. The maximum absolute atomic E-state index is 13.8. The highest BCUT2D eigenvalue weighted by atomic mass is 32.2. The minimum absolute atomic E-state index is 0.0418. The third-order valence-electron chi connectivity index (χ3n) is 8.84. The number of anilines is 2. The van der Waals surface area contributed by atoms with Gasteiger partial charge < -0.3 is 14.8 Å². The summed E-state index contributed by atoms with van der Waals surface area (Å²) in [6.45, 7) is -0.0418. The van der Waals surface area contributed by atoms with Gasteiger partial charge in [-0.25, -0.2) is 18.1 Å². The number of thioether (sulfide) groups is 1. The monoisotopic (exact) mass is 673 g/mol. The van der Waals surface area contributed by atoms with Crippen LogP contribution in [0, 0.1) is 27.4 Å². The standard InChI is InChI=1S/C32H31N7O6S2/c1-37(29-14-13-27-32(34-29)35-30(40)19-46-27)23-11-8-21(9-12-23)24(36-47(44,45)28-5-3-2-4-25(28)39(42)43)18-38-26-16-20(17-33)6-7-22(26)10-15-31(38)41/h2-7,10,13-16,21,23-24,36H,8-9,11-12,18-19H2,1H3,(H,34,35,40)/t21-,23-,24?. The van der Waals surface area contributed by atoms with E-state index >= 15 is 0 Å². The molecule has 6 rings (SSSR count). The summed E-state index contributed by atoms with van der Waals surface area (Å²) in [4.78, 5) is 43.3. The van der Waals surface area contributed by atoms with Crippen LogP contribution in [-0.4, -0.2) is 53.7 Å². The molecule has 47 heavy (non-hydrogen) atoms. The summed E-state index contributed by atoms with van der Waals surface area (Å²) in [6, 6.07) is 18.4. The van der Waals surface area contributed by atoms with E-state index in [9.17, 15) is 33.4 Å². The first-order valence-corrected chi connectivity index (χ1v) is 17.5. The number of amides is 1. The van der Waals surface area contributed by atoms with E-state index in [4.69, 9.17) is 0 Å². The Kier molecular flexibility index (Phi) is 9.00. The SMILES string of the molecule is CN(c1ccc2c(n1)NC(=O)CS2)[C@H]1CC[C@H](C(Cn2c(=O)ccc3ccc(C#N)cc32)NS(=O)(=O)c2ccccc2[N+](=O)[O-])CC1. The van der Waals surface area contributed by atoms with Gasteiger partial charge in [0, 0.05) is 37.8 Å². The highest BCUT2D eigenvalue weighted by Gasteiger charge is 2.35. The van der Waals surface area contributed by atoms with Crippen molar-refractivity contribution in [2.45, 2.75) is 54.1 Å². The molecule has 15 heteroatoms. The number of hydrogen-bond acceptors (Lipinski definition) is 10. The average Bonchev–Trinajstić information content (AvgIpc) is 3.08. The van der Waals surface area contributed by atoms with E-state index in [1.807, 2.05) is 19.2 Å². The molecule has 0 spiro atoms. The lowest BCUT2D eigenvalue weighted by Gasteiger charge is -2.38. The van der Waals surface area contributed by atoms with Crippen LogP contribution in [0.4, 0.5) is 17.3 Å². The number of rotatable bonds is 9. The average molecular weight is 674 g/mol. The number of benzene rings is 2. The summed E-state index contributed by atoms with van der Waals surface area (Å²) in [5, 5.41) is 24.8. The van der Waals surface area contributed by atoms with E-state index in [0.29, 0.717) is 59.5 Å². The quantitative estimate of drug-likeness (QED) is 0.192. The molecule has 13 nitrogen and oxygen atoms in total. The molecule has 1 aliphatic carbocycles. The zero-order valence-corrected chi connectivity index (χ0v) is 27.0. The summed E-state index contributed by atoms with van der Waals surface area (Å²) in [6.07, 6.45) is 2.57. The van der Waals surface area contributed by atoms with E-state index in [1.165, 1.54) is 40.6 Å². The fourth-order valence-corrected chi connectivity index (χ4v) is 8.58. The topological polar surface area (TPSA) is 180 Å². The number of carbonyl (C=O) groups is 1. The van der Waals surface area contributed by atoms with Crippen LogP contribution in [0.15, 0.2) is 81.3 Å². The minimum atomic E-state index is -4.39. The van der Waals surface area contributed by atoms with Crippen molar-refractivity contribution in [3.63, 3.8) is 0 Å². The summed E-state index contributed by atoms with van der Waals surface area (Å²) in [7, 11) is -2.45. The number of nitro groups is 1. The van der Waals surface area contributed by atoms with E-state index < -0.39 is 31.6 Å². The molecule has 0 bridgehead atoms. The third kappa shape index (κ3) is 6.71. The molecule has 2 aromatic carbocycles. The fraction of sp³-hybridized carbons (Fsp3) is 0.312. The molecule has 0 radical (unpaired) electrons. The minimum Gasteiger partial charge on any atom is -0.357 e. The first-order chi connectivity index (χ1) is 22.5. The first-order valence-electron chi connectivity index (χ1n) is 15.0. The van der Waals surface area contributed by atoms with Gasteiger partial charge in [-0.05, 0) is 73.4 Å². The Morgan fingerprint density at radius 1 is 1.13 bits per heavy atom. The molecule has 2 aromatic heterocycles. The summed E-state index contributed by atoms with van der Waals surface area (Å²) < 4.78 is 31.7. The second-order valence-electron chi connectivity index (χ2n) is 11.7. The molecule has 2 aliphatic rings. The number of pyridine rings is 2. The molecule has 1 unspecified atom stereocenters. The van der Waals surface area contributed by atoms with Crippen LogP contribution in [-0.2, 0) is 21.4 Å². The van der Waals surface area contributed by atoms with Crippen LogP contribution in [0.2, 0.25) is 0 Å². The molecule has 1 aliphatic heterocycles. The van der Waals surface area contributed by atoms with Gasteiger partial charge in [-0.3, -0.25) is 19.7 Å². The van der Waals surface area contributed by atoms with E-state index in [1.54, 1.807) is 24.3 Å². The summed E-state index contributed by atoms with van der Waals surface area (Å²) in [5.41, 5.74) is -0.0631. The van der Waals surface area contributed by atoms with Crippen molar-refractivity contribution in [1.82, 2.24) is 14.3 Å². The highest BCUT2D eigenvalue weighted by molar-refractivity contribution is 8.00. The van der Waals surface area contributed by atoms with Gasteiger partial charge in [0.2, 0.25) is 15.9 Å². The maximum atomic E-state index is 13.8. The smallest absolute Gasteiger partial charge is 0.289 e. The van der Waals surface area contributed by atoms with Crippen molar-refractivity contribution < 1.29 is 18.1 Å². The van der Waals surface area contributed by atoms with Gasteiger partial charge >= 0.3 is 0 Å². The normalized spacial score (nSPS) is 18.5. The molecule has 0 saturated heterocycles. The van der Waals surface area contributed by atoms with Crippen molar-refractivity contribution in [2.24, 2.45) is 5.92 Å². The van der Waals surface area contributed by atoms with Crippen molar-refractivity contribution in [3.8, 4) is 6.07 Å². The van der Waals surface area contributed by atoms with E-state index in [2.05, 4.69) is 26.0 Å². The molecule has 1 amide bonds. The second-order valence-corrected chi connectivity index (χ2v) is 14.4. The zero-order valence-electron chi connectivity index (χ0n) is 25.3. The lowest BCUT2D eigenvalue weighted by Crippen LogP contribution is -2.47. The molecule has 4 aromatic rings. The second kappa shape index (κ2) is 13.1. The number of para-hydroxylation sites is 1. The lowest BCUT2D eigenvalue weighted by atomic mass is 9.81. The molecule has 1 fully saturated rings. The van der Waals surface area contributed by atoms with Crippen molar-refractivity contribution >= 4 is 55.9 Å². The molecule has 2 N–H and O–H groups in total. The van der Waals surface area contributed by atoms with Crippen LogP contribution >= 0.6 is 11.8 Å². The van der Waals surface area contributed by atoms with Gasteiger partial charge in [-0.15, -0.1) is 11.8 Å². The first kappa shape index (κ1) is 32.2. The molecule has 3 heterocycles.